The number of nitrogens with one attached hydrogen (secondary N) is 2. The van der Waals surface area contributed by atoms with Crippen LogP contribution in [0.3, 0.4) is 0 Å². The van der Waals surface area contributed by atoms with Gasteiger partial charge < -0.3 is 15.0 Å². The van der Waals surface area contributed by atoms with Crippen molar-refractivity contribution in [3.8, 4) is 0 Å². The number of hydrogen-bond acceptors (Lipinski definition) is 8. The Labute approximate surface area is 335 Å². The molecule has 3 amide bonds. The van der Waals surface area contributed by atoms with Gasteiger partial charge in [0.25, 0.3) is 0 Å². The van der Waals surface area contributed by atoms with Gasteiger partial charge in [-0.2, -0.15) is 12.7 Å². The summed E-state index contributed by atoms with van der Waals surface area (Å²) in [7, 11) is -4.06. The molecule has 2 aliphatic heterocycles. The highest BCUT2D eigenvalue weighted by Crippen LogP contribution is 2.88. The monoisotopic (exact) mass is 800 g/mol. The zero-order valence-corrected chi connectivity index (χ0v) is 36.1. The van der Waals surface area contributed by atoms with Gasteiger partial charge in [-0.05, 0) is 100 Å². The van der Waals surface area contributed by atoms with Crippen molar-refractivity contribution < 1.29 is 37.1 Å². The number of nitrogens with zero attached hydrogens (tertiary/aromatic N) is 2. The summed E-state index contributed by atoms with van der Waals surface area (Å²) in [5.41, 5.74) is -3.04. The molecule has 4 aliphatic carbocycles. The Morgan fingerprint density at radius 2 is 1.52 bits per heavy atom. The molecule has 2 spiro atoms. The molecule has 0 bridgehead atoms. The number of fused-ring (bicyclic) bond motifs is 1. The van der Waals surface area contributed by atoms with Crippen LogP contribution in [-0.2, 0) is 34.1 Å². The van der Waals surface area contributed by atoms with Crippen molar-refractivity contribution in [3.05, 3.63) is 12.7 Å². The summed E-state index contributed by atoms with van der Waals surface area (Å²) in [4.78, 5) is 73.1. The SMILES string of the molecule is C=C[C@@H]1C[C@]1(CC(=O)[C@@H]1C[C@@]2(CN1C(=O)[C@@H](CC(=O)[C@@H](NC(=O)OC(C)(C)C)C1CCCCC1)C(C)(C)C)C(C)(C)C21CCC1)C(=O)NS(=O)(=O)N1CCCC1. The number of carbonyl (C=O) groups excluding carboxylic acids is 5. The third-order valence-electron chi connectivity index (χ3n) is 15.3. The second kappa shape index (κ2) is 14.8. The second-order valence-electron chi connectivity index (χ2n) is 20.8. The molecule has 2 N–H and O–H groups in total. The van der Waals surface area contributed by atoms with Crippen molar-refractivity contribution in [2.75, 3.05) is 19.6 Å². The average Bonchev–Trinajstić information content (AvgIpc) is 3.54. The number of carbonyl (C=O) groups is 5. The smallest absolute Gasteiger partial charge is 0.408 e. The van der Waals surface area contributed by atoms with E-state index in [0.717, 1.165) is 64.2 Å². The molecule has 56 heavy (non-hydrogen) atoms. The number of hydrogen-bond donors (Lipinski definition) is 2. The summed E-state index contributed by atoms with van der Waals surface area (Å²) in [6.07, 6.45) is 10.6. The molecule has 314 valence electrons. The molecule has 0 unspecified atom stereocenters. The number of rotatable bonds is 13. The molecule has 6 atom stereocenters. The Balaban J connectivity index is 1.28. The molecule has 2 saturated heterocycles. The largest absolute Gasteiger partial charge is 0.444 e. The van der Waals surface area contributed by atoms with Crippen molar-refractivity contribution in [2.24, 2.45) is 44.8 Å². The molecule has 6 rings (SSSR count). The van der Waals surface area contributed by atoms with Crippen molar-refractivity contribution >= 4 is 39.7 Å². The second-order valence-corrected chi connectivity index (χ2v) is 22.5. The predicted octanol–water partition coefficient (Wildman–Crippen LogP) is 6.49. The lowest BCUT2D eigenvalue weighted by Gasteiger charge is -2.37. The number of amides is 3. The number of likely N-dealkylation sites (tertiary alicyclic amines) is 1. The third-order valence-corrected chi connectivity index (χ3v) is 16.8. The van der Waals surface area contributed by atoms with Crippen LogP contribution in [0.2, 0.25) is 0 Å². The first-order valence-corrected chi connectivity index (χ1v) is 22.7. The Bertz CT molecular complexity index is 1710. The molecular formula is C43H68N4O8S. The molecular weight excluding hydrogens is 733 g/mol. The lowest BCUT2D eigenvalue weighted by atomic mass is 9.73. The Morgan fingerprint density at radius 1 is 0.893 bits per heavy atom. The van der Waals surface area contributed by atoms with Gasteiger partial charge in [0.2, 0.25) is 11.8 Å². The predicted molar refractivity (Wildman–Crippen MR) is 213 cm³/mol. The minimum absolute atomic E-state index is 0.0200. The summed E-state index contributed by atoms with van der Waals surface area (Å²) in [6, 6.07) is -1.62. The van der Waals surface area contributed by atoms with E-state index in [0.29, 0.717) is 32.5 Å². The third kappa shape index (κ3) is 7.50. The summed E-state index contributed by atoms with van der Waals surface area (Å²) >= 11 is 0. The summed E-state index contributed by atoms with van der Waals surface area (Å²) in [5.74, 6) is -2.64. The molecule has 2 heterocycles. The van der Waals surface area contributed by atoms with Crippen LogP contribution in [-0.4, -0.2) is 84.4 Å². The Hall–Kier alpha value is -2.80. The first kappa shape index (κ1) is 42.8. The minimum atomic E-state index is -4.06. The zero-order valence-electron chi connectivity index (χ0n) is 35.3. The van der Waals surface area contributed by atoms with E-state index in [2.05, 4.69) is 30.5 Å². The van der Waals surface area contributed by atoms with E-state index in [1.54, 1.807) is 31.7 Å². The summed E-state index contributed by atoms with van der Waals surface area (Å²) < 4.78 is 35.5. The van der Waals surface area contributed by atoms with Crippen LogP contribution in [0.25, 0.3) is 0 Å². The van der Waals surface area contributed by atoms with Crippen LogP contribution >= 0.6 is 0 Å². The molecule has 4 saturated carbocycles. The van der Waals surface area contributed by atoms with E-state index >= 15 is 4.79 Å². The number of Topliss-reactive ketones (excluding diaryl/α,β-unsaturated/α-hetero) is 2. The lowest BCUT2D eigenvalue weighted by molar-refractivity contribution is -0.146. The van der Waals surface area contributed by atoms with Gasteiger partial charge in [-0.3, -0.25) is 19.2 Å². The maximum atomic E-state index is 15.2. The standard InChI is InChI=1S/C43H68N4O8S/c1-10-29-24-41(29,36(51)45-56(53,54)46-21-14-15-22-46)26-33(49)31-25-43(40(8,9)42(43)19-16-20-42)27-47(31)35(50)30(38(2,3)4)23-32(48)34(28-17-12-11-13-18-28)44-37(52)55-39(5,6)7/h10,28-31,34H,1,11-27H2,2-9H3,(H,44,52)(H,45,51)/t29-,30-,31+,34+,41-,43-/m1/s1. The maximum absolute atomic E-state index is 15.2. The van der Waals surface area contributed by atoms with Crippen LogP contribution in [0.4, 0.5) is 4.79 Å². The molecule has 12 nitrogen and oxygen atoms in total. The number of ether oxygens (including phenoxy) is 1. The van der Waals surface area contributed by atoms with Gasteiger partial charge in [0.15, 0.2) is 11.6 Å². The number of allylic oxidation sites excluding steroid dienone is 1. The lowest BCUT2D eigenvalue weighted by Crippen LogP contribution is -2.52. The van der Waals surface area contributed by atoms with E-state index in [9.17, 15) is 27.6 Å². The highest BCUT2D eigenvalue weighted by molar-refractivity contribution is 7.87. The number of ketones is 2. The molecule has 6 fully saturated rings. The van der Waals surface area contributed by atoms with Crippen molar-refractivity contribution in [1.82, 2.24) is 19.2 Å². The normalized spacial score (nSPS) is 31.0. The van der Waals surface area contributed by atoms with Crippen LogP contribution in [0.1, 0.15) is 145 Å². The molecule has 0 radical (unpaired) electrons. The van der Waals surface area contributed by atoms with Gasteiger partial charge in [0.1, 0.15) is 5.60 Å². The average molecular weight is 801 g/mol. The van der Waals surface area contributed by atoms with Crippen molar-refractivity contribution in [3.63, 3.8) is 0 Å². The molecule has 0 aromatic carbocycles. The van der Waals surface area contributed by atoms with Crippen LogP contribution in [0.15, 0.2) is 12.7 Å². The number of alkyl carbamates (subject to hydrolysis) is 1. The van der Waals surface area contributed by atoms with Gasteiger partial charge in [-0.25, -0.2) is 9.52 Å². The summed E-state index contributed by atoms with van der Waals surface area (Å²) in [6.45, 7) is 20.6. The highest BCUT2D eigenvalue weighted by atomic mass is 32.2. The fraction of sp³-hybridized carbons (Fsp3) is 0.837. The van der Waals surface area contributed by atoms with Crippen LogP contribution in [0.5, 0.6) is 0 Å². The first-order chi connectivity index (χ1) is 26.0. The van der Waals surface area contributed by atoms with E-state index in [1.165, 1.54) is 4.31 Å². The topological polar surface area (TPSA) is 159 Å². The fourth-order valence-corrected chi connectivity index (χ4v) is 12.9. The molecule has 0 aromatic rings. The van der Waals surface area contributed by atoms with E-state index in [1.807, 2.05) is 20.8 Å². The molecule has 0 aromatic heterocycles. The van der Waals surface area contributed by atoms with Gasteiger partial charge in [-0.15, -0.1) is 6.58 Å². The molecule has 6 aliphatic rings. The van der Waals surface area contributed by atoms with Gasteiger partial charge in [0.05, 0.1) is 17.5 Å². The molecule has 13 heteroatoms. The first-order valence-electron chi connectivity index (χ1n) is 21.3. The van der Waals surface area contributed by atoms with Gasteiger partial charge in [0, 0.05) is 43.8 Å². The van der Waals surface area contributed by atoms with Crippen LogP contribution in [0, 0.1) is 44.8 Å². The minimum Gasteiger partial charge on any atom is -0.444 e. The maximum Gasteiger partial charge on any atom is 0.408 e. The summed E-state index contributed by atoms with van der Waals surface area (Å²) in [5, 5.41) is 2.90. The highest BCUT2D eigenvalue weighted by Gasteiger charge is 2.85. The van der Waals surface area contributed by atoms with Crippen LogP contribution < -0.4 is 10.0 Å². The Morgan fingerprint density at radius 3 is 2.02 bits per heavy atom. The van der Waals surface area contributed by atoms with Gasteiger partial charge in [-0.1, -0.05) is 66.4 Å². The van der Waals surface area contributed by atoms with E-state index in [4.69, 9.17) is 4.74 Å². The Kier molecular flexibility index (Phi) is 11.3. The van der Waals surface area contributed by atoms with Crippen molar-refractivity contribution in [2.45, 2.75) is 163 Å². The van der Waals surface area contributed by atoms with E-state index < -0.39 is 56.6 Å². The zero-order chi connectivity index (χ0) is 41.3. The van der Waals surface area contributed by atoms with Gasteiger partial charge >= 0.3 is 16.3 Å². The fourth-order valence-electron chi connectivity index (χ4n) is 11.6. The quantitative estimate of drug-likeness (QED) is 0.200. The van der Waals surface area contributed by atoms with Crippen molar-refractivity contribution in [1.29, 1.82) is 0 Å². The van der Waals surface area contributed by atoms with E-state index in [-0.39, 0.29) is 58.4 Å².